The van der Waals surface area contributed by atoms with Gasteiger partial charge in [-0.05, 0) is 30.7 Å². The van der Waals surface area contributed by atoms with Gasteiger partial charge in [-0.25, -0.2) is 8.42 Å². The number of carbonyl (C=O) groups excluding carboxylic acids is 2. The van der Waals surface area contributed by atoms with Gasteiger partial charge in [-0.3, -0.25) is 13.9 Å². The third-order valence-corrected chi connectivity index (χ3v) is 3.88. The summed E-state index contributed by atoms with van der Waals surface area (Å²) in [5.74, 6) is -0.579. The summed E-state index contributed by atoms with van der Waals surface area (Å²) in [4.78, 5) is 22.7. The SMILES string of the molecule is CCCNC(=O)CN(c1ccc(NC(C)=O)cc1)S(C)(=O)=O. The molecule has 0 aliphatic carbocycles. The lowest BCUT2D eigenvalue weighted by Crippen LogP contribution is -2.40. The molecule has 7 nitrogen and oxygen atoms in total. The summed E-state index contributed by atoms with van der Waals surface area (Å²) in [6, 6.07) is 6.25. The minimum Gasteiger partial charge on any atom is -0.355 e. The van der Waals surface area contributed by atoms with Crippen LogP contribution >= 0.6 is 0 Å². The highest BCUT2D eigenvalue weighted by molar-refractivity contribution is 7.92. The van der Waals surface area contributed by atoms with E-state index < -0.39 is 10.0 Å². The van der Waals surface area contributed by atoms with E-state index in [2.05, 4.69) is 10.6 Å². The number of rotatable bonds is 7. The molecule has 1 aromatic carbocycles. The number of hydrogen-bond donors (Lipinski definition) is 2. The van der Waals surface area contributed by atoms with Crippen molar-refractivity contribution in [1.82, 2.24) is 5.32 Å². The smallest absolute Gasteiger partial charge is 0.240 e. The van der Waals surface area contributed by atoms with Crippen LogP contribution in [0.5, 0.6) is 0 Å². The Morgan fingerprint density at radius 3 is 2.23 bits per heavy atom. The van der Waals surface area contributed by atoms with E-state index in [1.165, 1.54) is 6.92 Å². The highest BCUT2D eigenvalue weighted by Gasteiger charge is 2.20. The molecule has 122 valence electrons. The molecule has 0 atom stereocenters. The van der Waals surface area contributed by atoms with Crippen LogP contribution < -0.4 is 14.9 Å². The zero-order valence-electron chi connectivity index (χ0n) is 12.9. The van der Waals surface area contributed by atoms with Gasteiger partial charge in [-0.15, -0.1) is 0 Å². The van der Waals surface area contributed by atoms with E-state index in [9.17, 15) is 18.0 Å². The zero-order chi connectivity index (χ0) is 16.8. The number of nitrogens with one attached hydrogen (secondary N) is 2. The molecule has 2 N–H and O–H groups in total. The number of benzene rings is 1. The Kier molecular flexibility index (Phi) is 6.36. The summed E-state index contributed by atoms with van der Waals surface area (Å²) >= 11 is 0. The standard InChI is InChI=1S/C14H21N3O4S/c1-4-9-15-14(19)10-17(22(3,20)21)13-7-5-12(6-8-13)16-11(2)18/h5-8H,4,9-10H2,1-3H3,(H,15,19)(H,16,18). The van der Waals surface area contributed by atoms with Gasteiger partial charge in [-0.2, -0.15) is 0 Å². The third kappa shape index (κ3) is 5.72. The van der Waals surface area contributed by atoms with Gasteiger partial charge < -0.3 is 10.6 Å². The second-order valence-corrected chi connectivity index (χ2v) is 6.75. The zero-order valence-corrected chi connectivity index (χ0v) is 13.7. The van der Waals surface area contributed by atoms with Crippen molar-refractivity contribution in [1.29, 1.82) is 0 Å². The topological polar surface area (TPSA) is 95.6 Å². The maximum atomic E-state index is 11.9. The molecule has 8 heteroatoms. The number of anilines is 2. The third-order valence-electron chi connectivity index (χ3n) is 2.74. The molecule has 0 spiro atoms. The van der Waals surface area contributed by atoms with Gasteiger partial charge in [-0.1, -0.05) is 6.92 Å². The summed E-state index contributed by atoms with van der Waals surface area (Å²) in [5, 5.41) is 5.23. The highest BCUT2D eigenvalue weighted by Crippen LogP contribution is 2.20. The fraction of sp³-hybridized carbons (Fsp3) is 0.429. The molecule has 1 aromatic rings. The van der Waals surface area contributed by atoms with Crippen LogP contribution in [-0.2, 0) is 19.6 Å². The van der Waals surface area contributed by atoms with E-state index >= 15 is 0 Å². The lowest BCUT2D eigenvalue weighted by Gasteiger charge is -2.22. The van der Waals surface area contributed by atoms with Crippen LogP contribution in [0.3, 0.4) is 0 Å². The Balaban J connectivity index is 2.93. The summed E-state index contributed by atoms with van der Waals surface area (Å²) in [7, 11) is -3.59. The molecule has 1 rings (SSSR count). The predicted molar refractivity (Wildman–Crippen MR) is 86.2 cm³/mol. The molecule has 0 bridgehead atoms. The van der Waals surface area contributed by atoms with Gasteiger partial charge in [0.1, 0.15) is 6.54 Å². The van der Waals surface area contributed by atoms with Crippen molar-refractivity contribution >= 4 is 33.2 Å². The van der Waals surface area contributed by atoms with Gasteiger partial charge in [0.25, 0.3) is 0 Å². The van der Waals surface area contributed by atoms with Crippen molar-refractivity contribution in [2.75, 3.05) is 29.0 Å². The Bertz CT molecular complexity index is 626. The predicted octanol–water partition coefficient (Wildman–Crippen LogP) is 0.937. The fourth-order valence-electron chi connectivity index (χ4n) is 1.77. The maximum absolute atomic E-state index is 11.9. The van der Waals surface area contributed by atoms with Crippen LogP contribution in [-0.4, -0.2) is 39.6 Å². The minimum absolute atomic E-state index is 0.216. The second-order valence-electron chi connectivity index (χ2n) is 4.85. The van der Waals surface area contributed by atoms with Crippen molar-refractivity contribution in [3.8, 4) is 0 Å². The quantitative estimate of drug-likeness (QED) is 0.779. The first-order valence-electron chi connectivity index (χ1n) is 6.86. The van der Waals surface area contributed by atoms with Crippen LogP contribution in [0.25, 0.3) is 0 Å². The summed E-state index contributed by atoms with van der Waals surface area (Å²) in [5.41, 5.74) is 0.920. The first kappa shape index (κ1) is 18.0. The Hall–Kier alpha value is -2.09. The number of hydrogen-bond acceptors (Lipinski definition) is 4. The molecule has 2 amide bonds. The van der Waals surface area contributed by atoms with Crippen LogP contribution in [0.15, 0.2) is 24.3 Å². The molecular formula is C14H21N3O4S. The van der Waals surface area contributed by atoms with Crippen LogP contribution in [0.4, 0.5) is 11.4 Å². The lowest BCUT2D eigenvalue weighted by atomic mass is 10.2. The van der Waals surface area contributed by atoms with Crippen LogP contribution in [0.2, 0.25) is 0 Å². The number of carbonyl (C=O) groups is 2. The number of nitrogens with zero attached hydrogens (tertiary/aromatic N) is 1. The molecule has 22 heavy (non-hydrogen) atoms. The monoisotopic (exact) mass is 327 g/mol. The van der Waals surface area contributed by atoms with Crippen LogP contribution in [0.1, 0.15) is 20.3 Å². The largest absolute Gasteiger partial charge is 0.355 e. The van der Waals surface area contributed by atoms with Gasteiger partial charge in [0.15, 0.2) is 0 Å². The summed E-state index contributed by atoms with van der Waals surface area (Å²) in [6.07, 6.45) is 1.82. The molecule has 0 radical (unpaired) electrons. The van der Waals surface area contributed by atoms with E-state index in [1.54, 1.807) is 24.3 Å². The molecule has 0 aromatic heterocycles. The molecule has 0 aliphatic rings. The number of sulfonamides is 1. The van der Waals surface area contributed by atoms with Crippen molar-refractivity contribution in [3.05, 3.63) is 24.3 Å². The van der Waals surface area contributed by atoms with E-state index in [0.29, 0.717) is 17.9 Å². The molecule has 0 aliphatic heterocycles. The molecule has 0 heterocycles. The van der Waals surface area contributed by atoms with Gasteiger partial charge in [0.05, 0.1) is 11.9 Å². The van der Waals surface area contributed by atoms with Gasteiger partial charge in [0, 0.05) is 19.2 Å². The first-order chi connectivity index (χ1) is 10.2. The molecule has 0 saturated carbocycles. The maximum Gasteiger partial charge on any atom is 0.240 e. The highest BCUT2D eigenvalue weighted by atomic mass is 32.2. The Morgan fingerprint density at radius 1 is 1.18 bits per heavy atom. The molecule has 0 saturated heterocycles. The first-order valence-corrected chi connectivity index (χ1v) is 8.71. The second kappa shape index (κ2) is 7.79. The van der Waals surface area contributed by atoms with E-state index in [-0.39, 0.29) is 18.4 Å². The number of amides is 2. The Morgan fingerprint density at radius 2 is 1.77 bits per heavy atom. The minimum atomic E-state index is -3.59. The molecule has 0 fully saturated rings. The lowest BCUT2D eigenvalue weighted by molar-refractivity contribution is -0.119. The molecular weight excluding hydrogens is 306 g/mol. The average Bonchev–Trinajstić information content (AvgIpc) is 2.42. The van der Waals surface area contributed by atoms with Crippen LogP contribution in [0, 0.1) is 0 Å². The fourth-order valence-corrected chi connectivity index (χ4v) is 2.62. The van der Waals surface area contributed by atoms with Gasteiger partial charge in [0.2, 0.25) is 21.8 Å². The summed E-state index contributed by atoms with van der Waals surface area (Å²) in [6.45, 7) is 3.51. The normalized spacial score (nSPS) is 10.9. The van der Waals surface area contributed by atoms with E-state index in [4.69, 9.17) is 0 Å². The van der Waals surface area contributed by atoms with Crippen molar-refractivity contribution in [3.63, 3.8) is 0 Å². The van der Waals surface area contributed by atoms with Crippen molar-refractivity contribution < 1.29 is 18.0 Å². The van der Waals surface area contributed by atoms with E-state index in [0.717, 1.165) is 17.0 Å². The Labute approximate surface area is 130 Å². The molecule has 0 unspecified atom stereocenters. The van der Waals surface area contributed by atoms with E-state index in [1.807, 2.05) is 6.92 Å². The average molecular weight is 327 g/mol. The van der Waals surface area contributed by atoms with Gasteiger partial charge >= 0.3 is 0 Å². The van der Waals surface area contributed by atoms with Crippen molar-refractivity contribution in [2.24, 2.45) is 0 Å². The van der Waals surface area contributed by atoms with Crippen molar-refractivity contribution in [2.45, 2.75) is 20.3 Å². The summed E-state index contributed by atoms with van der Waals surface area (Å²) < 4.78 is 24.8.